The van der Waals surface area contributed by atoms with Gasteiger partial charge in [-0.15, -0.1) is 0 Å². The van der Waals surface area contributed by atoms with Gasteiger partial charge in [-0.1, -0.05) is 40.7 Å². The number of rotatable bonds is 9. The molecule has 9 heteroatoms. The van der Waals surface area contributed by atoms with Crippen LogP contribution in [0.2, 0.25) is 0 Å². The molecular formula is C31H42O9. The number of aliphatic carboxylic acids is 2. The number of fused-ring (bicyclic) bond motifs is 3. The Kier molecular flexibility index (Phi) is 7.50. The molecule has 2 aliphatic carbocycles. The minimum Gasteiger partial charge on any atom is -0.478 e. The normalized spacial score (nSPS) is 36.2. The minimum atomic E-state index is -1.11. The Labute approximate surface area is 235 Å². The Morgan fingerprint density at radius 2 is 1.82 bits per heavy atom. The van der Waals surface area contributed by atoms with Crippen LogP contribution in [0.3, 0.4) is 0 Å². The van der Waals surface area contributed by atoms with Crippen LogP contribution in [0, 0.1) is 22.2 Å². The molecule has 0 radical (unpaired) electrons. The van der Waals surface area contributed by atoms with E-state index in [1.165, 1.54) is 19.9 Å². The van der Waals surface area contributed by atoms with E-state index in [9.17, 15) is 34.5 Å². The van der Waals surface area contributed by atoms with E-state index in [-0.39, 0.29) is 48.2 Å². The SMILES string of the molecule is CC(=O)OC1CC(CC23CCC(O2)C(C)(C)C3=O)=C(C(=O)O)C2=CCC(C)(C(C)CC(O)C=C(C)C(=O)O)C21C. The topological polar surface area (TPSA) is 147 Å². The van der Waals surface area contributed by atoms with Gasteiger partial charge in [0, 0.05) is 30.8 Å². The first-order chi connectivity index (χ1) is 18.4. The highest BCUT2D eigenvalue weighted by Gasteiger charge is 2.65. The van der Waals surface area contributed by atoms with Gasteiger partial charge in [0.15, 0.2) is 5.78 Å². The molecule has 40 heavy (non-hydrogen) atoms. The standard InChI is InChI=1S/C31H42O9/c1-16(25(34)35)12-20(33)13-17(2)29(6)10-8-21-24(26(36)37)19(14-23(30(21,29)7)39-18(3)32)15-31-11-9-22(40-31)28(4,5)27(31)38/h8,12,17,20,22-23,33H,9-11,13-15H2,1-7H3,(H,34,35)(H,36,37). The van der Waals surface area contributed by atoms with Gasteiger partial charge in [-0.25, -0.2) is 9.59 Å². The summed E-state index contributed by atoms with van der Waals surface area (Å²) < 4.78 is 12.2. The van der Waals surface area contributed by atoms with Crippen molar-refractivity contribution < 1.29 is 44.0 Å². The van der Waals surface area contributed by atoms with Gasteiger partial charge in [0.2, 0.25) is 0 Å². The van der Waals surface area contributed by atoms with E-state index in [1.807, 2.05) is 40.7 Å². The lowest BCUT2D eigenvalue weighted by atomic mass is 9.52. The lowest BCUT2D eigenvalue weighted by Crippen LogP contribution is -2.53. The van der Waals surface area contributed by atoms with E-state index in [4.69, 9.17) is 9.47 Å². The van der Waals surface area contributed by atoms with Gasteiger partial charge in [-0.3, -0.25) is 9.59 Å². The van der Waals surface area contributed by atoms with Crippen molar-refractivity contribution in [1.82, 2.24) is 0 Å². The van der Waals surface area contributed by atoms with Crippen molar-refractivity contribution in [2.24, 2.45) is 22.2 Å². The second-order valence-corrected chi connectivity index (χ2v) is 13.3. The Bertz CT molecular complexity index is 1240. The maximum absolute atomic E-state index is 13.5. The number of esters is 1. The first-order valence-electron chi connectivity index (χ1n) is 14.1. The molecule has 9 nitrogen and oxygen atoms in total. The van der Waals surface area contributed by atoms with Gasteiger partial charge in [0.25, 0.3) is 0 Å². The highest BCUT2D eigenvalue weighted by Crippen LogP contribution is 2.65. The van der Waals surface area contributed by atoms with Crippen molar-refractivity contribution >= 4 is 23.7 Å². The summed E-state index contributed by atoms with van der Waals surface area (Å²) in [6.45, 7) is 12.4. The predicted molar refractivity (Wildman–Crippen MR) is 145 cm³/mol. The molecule has 0 amide bonds. The van der Waals surface area contributed by atoms with Crippen LogP contribution in [0.1, 0.15) is 87.0 Å². The van der Waals surface area contributed by atoms with Gasteiger partial charge >= 0.3 is 17.9 Å². The second kappa shape index (κ2) is 9.94. The van der Waals surface area contributed by atoms with E-state index in [1.54, 1.807) is 0 Å². The summed E-state index contributed by atoms with van der Waals surface area (Å²) in [5.74, 6) is -2.91. The van der Waals surface area contributed by atoms with E-state index in [2.05, 4.69) is 0 Å². The Morgan fingerprint density at radius 3 is 2.35 bits per heavy atom. The quantitative estimate of drug-likeness (QED) is 0.277. The fourth-order valence-electron chi connectivity index (χ4n) is 7.94. The maximum Gasteiger partial charge on any atom is 0.335 e. The summed E-state index contributed by atoms with van der Waals surface area (Å²) in [7, 11) is 0. The summed E-state index contributed by atoms with van der Waals surface area (Å²) in [6.07, 6.45) is 3.57. The summed E-state index contributed by atoms with van der Waals surface area (Å²) >= 11 is 0. The molecule has 3 N–H and O–H groups in total. The molecule has 0 aromatic carbocycles. The van der Waals surface area contributed by atoms with E-state index in [0.717, 1.165) is 6.42 Å². The zero-order valence-corrected chi connectivity index (χ0v) is 24.5. The number of carboxylic acid groups (broad SMARTS) is 2. The fourth-order valence-corrected chi connectivity index (χ4v) is 7.94. The number of ketones is 1. The third kappa shape index (κ3) is 4.45. The molecule has 7 atom stereocenters. The largest absolute Gasteiger partial charge is 0.478 e. The number of Topliss-reactive ketones (excluding diaryl/α,β-unsaturated/α-hetero) is 1. The highest BCUT2D eigenvalue weighted by molar-refractivity contribution is 5.97. The zero-order valence-electron chi connectivity index (χ0n) is 24.5. The first kappa shape index (κ1) is 30.2. The molecule has 2 aliphatic heterocycles. The Morgan fingerprint density at radius 1 is 1.18 bits per heavy atom. The van der Waals surface area contributed by atoms with Crippen LogP contribution < -0.4 is 0 Å². The molecule has 0 aromatic rings. The molecule has 2 heterocycles. The fraction of sp³-hybridized carbons (Fsp3) is 0.677. The average molecular weight is 559 g/mol. The maximum atomic E-state index is 13.5. The molecule has 0 aromatic heterocycles. The predicted octanol–water partition coefficient (Wildman–Crippen LogP) is 4.38. The van der Waals surface area contributed by atoms with Gasteiger partial charge in [0.1, 0.15) is 11.7 Å². The third-order valence-electron chi connectivity index (χ3n) is 10.6. The number of allylic oxidation sites excluding steroid dienone is 1. The first-order valence-corrected chi connectivity index (χ1v) is 14.1. The lowest BCUT2D eigenvalue weighted by Gasteiger charge is -2.53. The molecular weight excluding hydrogens is 516 g/mol. The molecule has 220 valence electrons. The summed E-state index contributed by atoms with van der Waals surface area (Å²) in [6, 6.07) is 0. The second-order valence-electron chi connectivity index (χ2n) is 13.3. The van der Waals surface area contributed by atoms with Crippen LogP contribution in [0.25, 0.3) is 0 Å². The van der Waals surface area contributed by atoms with E-state index >= 15 is 0 Å². The molecule has 2 saturated heterocycles. The molecule has 0 saturated carbocycles. The van der Waals surface area contributed by atoms with Gasteiger partial charge < -0.3 is 24.8 Å². The van der Waals surface area contributed by atoms with Gasteiger partial charge in [-0.05, 0) is 61.2 Å². The summed E-state index contributed by atoms with van der Waals surface area (Å²) in [5.41, 5.74) is -1.94. The number of hydrogen-bond donors (Lipinski definition) is 3. The smallest absolute Gasteiger partial charge is 0.335 e. The van der Waals surface area contributed by atoms with Gasteiger partial charge in [-0.2, -0.15) is 0 Å². The molecule has 2 fully saturated rings. The average Bonchev–Trinajstić information content (AvgIpc) is 3.44. The molecule has 4 aliphatic rings. The number of aliphatic hydroxyl groups is 1. The number of hydrogen-bond acceptors (Lipinski definition) is 7. The summed E-state index contributed by atoms with van der Waals surface area (Å²) in [4.78, 5) is 50.0. The third-order valence-corrected chi connectivity index (χ3v) is 10.6. The van der Waals surface area contributed by atoms with Crippen LogP contribution in [0.4, 0.5) is 0 Å². The van der Waals surface area contributed by atoms with Crippen molar-refractivity contribution in [3.63, 3.8) is 0 Å². The Hall–Kier alpha value is -2.78. The van der Waals surface area contributed by atoms with Crippen LogP contribution in [0.5, 0.6) is 0 Å². The molecule has 4 rings (SSSR count). The van der Waals surface area contributed by atoms with Crippen molar-refractivity contribution in [3.8, 4) is 0 Å². The van der Waals surface area contributed by atoms with Crippen molar-refractivity contribution in [3.05, 3.63) is 34.4 Å². The van der Waals surface area contributed by atoms with Crippen LogP contribution in [-0.4, -0.2) is 62.9 Å². The number of carboxylic acids is 2. The van der Waals surface area contributed by atoms with E-state index in [0.29, 0.717) is 24.0 Å². The van der Waals surface area contributed by atoms with Crippen molar-refractivity contribution in [1.29, 1.82) is 0 Å². The van der Waals surface area contributed by atoms with Gasteiger partial charge in [0.05, 0.1) is 23.2 Å². The number of aliphatic hydroxyl groups excluding tert-OH is 1. The zero-order chi connectivity index (χ0) is 30.0. The van der Waals surface area contributed by atoms with Crippen LogP contribution >= 0.6 is 0 Å². The molecule has 7 unspecified atom stereocenters. The van der Waals surface area contributed by atoms with Crippen LogP contribution in [0.15, 0.2) is 34.4 Å². The lowest BCUT2D eigenvalue weighted by molar-refractivity contribution is -0.159. The summed E-state index contributed by atoms with van der Waals surface area (Å²) in [5, 5.41) is 30.4. The monoisotopic (exact) mass is 558 g/mol. The minimum absolute atomic E-state index is 0.0107. The number of ether oxygens (including phenoxy) is 2. The highest BCUT2D eigenvalue weighted by atomic mass is 16.5. The van der Waals surface area contributed by atoms with Crippen molar-refractivity contribution in [2.75, 3.05) is 0 Å². The number of carbonyl (C=O) groups is 4. The Balaban J connectivity index is 1.75. The number of carbonyl (C=O) groups excluding carboxylic acids is 2. The molecule has 2 bridgehead atoms. The van der Waals surface area contributed by atoms with E-state index < -0.39 is 52.0 Å². The molecule has 0 spiro atoms. The van der Waals surface area contributed by atoms with Crippen LogP contribution in [-0.2, 0) is 28.7 Å². The van der Waals surface area contributed by atoms with Crippen molar-refractivity contribution in [2.45, 2.75) is 111 Å².